The number of rotatable bonds is 6. The molecule has 1 saturated heterocycles. The summed E-state index contributed by atoms with van der Waals surface area (Å²) in [5.74, 6) is 0.522. The molecule has 7 heteroatoms. The quantitative estimate of drug-likeness (QED) is 0.350. The fourth-order valence-electron chi connectivity index (χ4n) is 4.39. The first-order chi connectivity index (χ1) is 16.5. The van der Waals surface area contributed by atoms with E-state index in [2.05, 4.69) is 15.2 Å². The minimum absolute atomic E-state index is 0.0937. The van der Waals surface area contributed by atoms with E-state index in [-0.39, 0.29) is 24.0 Å². The van der Waals surface area contributed by atoms with Crippen molar-refractivity contribution in [3.8, 4) is 11.4 Å². The van der Waals surface area contributed by atoms with E-state index in [0.29, 0.717) is 5.11 Å². The minimum Gasteiger partial charge on any atom is -0.491 e. The highest BCUT2D eigenvalue weighted by molar-refractivity contribution is 7.80. The standard InChI is InChI=1S/C27H25FN4OS/c1-18(2)33-22-13-11-20(12-14-22)32-26(25(30-27(32)34)23-9-3-4-15-29-23)24-10-6-16-31(24)21-8-5-7-19(28)17-21/h3-18,25-26H,1-2H3,(H,30,34). The average Bonchev–Trinajstić information content (AvgIpc) is 3.44. The molecule has 4 aromatic rings. The van der Waals surface area contributed by atoms with Gasteiger partial charge in [0, 0.05) is 29.5 Å². The van der Waals surface area contributed by atoms with Crippen molar-refractivity contribution >= 4 is 23.0 Å². The fourth-order valence-corrected chi connectivity index (χ4v) is 4.73. The third-order valence-corrected chi connectivity index (χ3v) is 6.07. The zero-order valence-corrected chi connectivity index (χ0v) is 19.7. The van der Waals surface area contributed by atoms with Crippen molar-refractivity contribution in [1.82, 2.24) is 14.9 Å². The molecule has 0 radical (unpaired) electrons. The predicted octanol–water partition coefficient (Wildman–Crippen LogP) is 5.98. The van der Waals surface area contributed by atoms with Gasteiger partial charge in [-0.25, -0.2) is 4.39 Å². The second kappa shape index (κ2) is 9.27. The molecule has 1 aliphatic rings. The third kappa shape index (κ3) is 4.26. The van der Waals surface area contributed by atoms with E-state index in [0.717, 1.165) is 28.5 Å². The van der Waals surface area contributed by atoms with Crippen LogP contribution in [0, 0.1) is 5.82 Å². The van der Waals surface area contributed by atoms with Gasteiger partial charge < -0.3 is 19.5 Å². The first-order valence-corrected chi connectivity index (χ1v) is 11.6. The SMILES string of the molecule is CC(C)Oc1ccc(N2C(=S)NC(c3ccccn3)C2c2cccn2-c2cccc(F)c2)cc1. The molecule has 0 amide bonds. The minimum atomic E-state index is -0.281. The van der Waals surface area contributed by atoms with Crippen LogP contribution in [0.5, 0.6) is 5.75 Å². The normalized spacial score (nSPS) is 17.8. The highest BCUT2D eigenvalue weighted by atomic mass is 32.1. The summed E-state index contributed by atoms with van der Waals surface area (Å²) >= 11 is 5.82. The number of anilines is 1. The fraction of sp³-hybridized carbons (Fsp3) is 0.185. The second-order valence-electron chi connectivity index (χ2n) is 8.44. The van der Waals surface area contributed by atoms with Crippen LogP contribution in [-0.2, 0) is 0 Å². The van der Waals surface area contributed by atoms with E-state index in [9.17, 15) is 4.39 Å². The molecule has 0 spiro atoms. The van der Waals surface area contributed by atoms with Crippen LogP contribution >= 0.6 is 12.2 Å². The molecular formula is C27H25FN4OS. The number of ether oxygens (including phenoxy) is 1. The van der Waals surface area contributed by atoms with E-state index in [1.165, 1.54) is 12.1 Å². The predicted molar refractivity (Wildman–Crippen MR) is 136 cm³/mol. The number of pyridine rings is 1. The Hall–Kier alpha value is -3.71. The van der Waals surface area contributed by atoms with Crippen molar-refractivity contribution in [2.75, 3.05) is 4.90 Å². The van der Waals surface area contributed by atoms with Crippen molar-refractivity contribution in [3.05, 3.63) is 108 Å². The number of hydrogen-bond acceptors (Lipinski definition) is 3. The van der Waals surface area contributed by atoms with Gasteiger partial charge in [0.1, 0.15) is 17.6 Å². The topological polar surface area (TPSA) is 42.3 Å². The summed E-state index contributed by atoms with van der Waals surface area (Å²) in [6, 6.07) is 24.0. The molecule has 1 fully saturated rings. The summed E-state index contributed by atoms with van der Waals surface area (Å²) in [6.45, 7) is 4.00. The largest absolute Gasteiger partial charge is 0.491 e. The summed E-state index contributed by atoms with van der Waals surface area (Å²) in [7, 11) is 0. The number of thiocarbonyl (C=S) groups is 1. The lowest BCUT2D eigenvalue weighted by atomic mass is 10.0. The van der Waals surface area contributed by atoms with Crippen LogP contribution in [0.1, 0.15) is 37.3 Å². The number of hydrogen-bond donors (Lipinski definition) is 1. The lowest BCUT2D eigenvalue weighted by molar-refractivity contribution is 0.242. The summed E-state index contributed by atoms with van der Waals surface area (Å²) in [5.41, 5.74) is 3.53. The van der Waals surface area contributed by atoms with Gasteiger partial charge in [-0.15, -0.1) is 0 Å². The summed E-state index contributed by atoms with van der Waals surface area (Å²) < 4.78 is 21.9. The van der Waals surface area contributed by atoms with Crippen LogP contribution in [-0.4, -0.2) is 20.8 Å². The number of nitrogens with one attached hydrogen (secondary N) is 1. The summed E-state index contributed by atoms with van der Waals surface area (Å²) in [4.78, 5) is 6.70. The molecule has 1 aliphatic heterocycles. The Bertz CT molecular complexity index is 1290. The van der Waals surface area contributed by atoms with E-state index in [1.54, 1.807) is 12.3 Å². The molecule has 1 N–H and O–H groups in total. The van der Waals surface area contributed by atoms with Crippen LogP contribution in [0.2, 0.25) is 0 Å². The Balaban J connectivity index is 1.61. The van der Waals surface area contributed by atoms with E-state index >= 15 is 0 Å². The van der Waals surface area contributed by atoms with Crippen molar-refractivity contribution < 1.29 is 9.13 Å². The smallest absolute Gasteiger partial charge is 0.174 e. The molecule has 2 aromatic heterocycles. The maximum absolute atomic E-state index is 14.1. The van der Waals surface area contributed by atoms with Gasteiger partial charge in [-0.1, -0.05) is 12.1 Å². The lowest BCUT2D eigenvalue weighted by Crippen LogP contribution is -2.30. The number of aromatic nitrogens is 2. The van der Waals surface area contributed by atoms with Crippen molar-refractivity contribution in [2.45, 2.75) is 32.0 Å². The highest BCUT2D eigenvalue weighted by Crippen LogP contribution is 2.42. The van der Waals surface area contributed by atoms with Gasteiger partial charge in [-0.2, -0.15) is 0 Å². The van der Waals surface area contributed by atoms with Gasteiger partial charge in [0.25, 0.3) is 0 Å². The van der Waals surface area contributed by atoms with Crippen LogP contribution < -0.4 is 15.0 Å². The summed E-state index contributed by atoms with van der Waals surface area (Å²) in [5, 5.41) is 4.07. The maximum atomic E-state index is 14.1. The Morgan fingerprint density at radius 2 is 1.79 bits per heavy atom. The van der Waals surface area contributed by atoms with Gasteiger partial charge in [0.15, 0.2) is 5.11 Å². The second-order valence-corrected chi connectivity index (χ2v) is 8.83. The summed E-state index contributed by atoms with van der Waals surface area (Å²) in [6.07, 6.45) is 3.82. The van der Waals surface area contributed by atoms with Gasteiger partial charge in [0.2, 0.25) is 0 Å². The Morgan fingerprint density at radius 1 is 0.971 bits per heavy atom. The van der Waals surface area contributed by atoms with Crippen LogP contribution in [0.3, 0.4) is 0 Å². The molecule has 5 rings (SSSR count). The number of nitrogens with zero attached hydrogens (tertiary/aromatic N) is 3. The van der Waals surface area contributed by atoms with Crippen LogP contribution in [0.15, 0.2) is 91.3 Å². The van der Waals surface area contributed by atoms with Gasteiger partial charge in [0.05, 0.1) is 17.8 Å². The van der Waals surface area contributed by atoms with E-state index in [1.807, 2.05) is 85.3 Å². The van der Waals surface area contributed by atoms with Gasteiger partial charge in [-0.3, -0.25) is 4.98 Å². The zero-order valence-electron chi connectivity index (χ0n) is 18.9. The molecule has 0 aliphatic carbocycles. The molecule has 5 nitrogen and oxygen atoms in total. The molecule has 2 aromatic carbocycles. The Labute approximate surface area is 203 Å². The Kier molecular flexibility index (Phi) is 6.02. The average molecular weight is 473 g/mol. The first kappa shape index (κ1) is 22.1. The number of benzene rings is 2. The number of halogens is 1. The molecular weight excluding hydrogens is 447 g/mol. The molecule has 34 heavy (non-hydrogen) atoms. The third-order valence-electron chi connectivity index (χ3n) is 5.75. The van der Waals surface area contributed by atoms with Crippen molar-refractivity contribution in [1.29, 1.82) is 0 Å². The van der Waals surface area contributed by atoms with E-state index < -0.39 is 0 Å². The van der Waals surface area contributed by atoms with Crippen LogP contribution in [0.4, 0.5) is 10.1 Å². The highest BCUT2D eigenvalue weighted by Gasteiger charge is 2.42. The molecule has 3 heterocycles. The molecule has 0 bridgehead atoms. The molecule has 2 unspecified atom stereocenters. The van der Waals surface area contributed by atoms with Gasteiger partial charge >= 0.3 is 0 Å². The molecule has 0 saturated carbocycles. The maximum Gasteiger partial charge on any atom is 0.174 e. The Morgan fingerprint density at radius 3 is 2.50 bits per heavy atom. The monoisotopic (exact) mass is 472 g/mol. The van der Waals surface area contributed by atoms with Crippen molar-refractivity contribution in [2.24, 2.45) is 0 Å². The van der Waals surface area contributed by atoms with Gasteiger partial charge in [-0.05, 0) is 92.8 Å². The van der Waals surface area contributed by atoms with Crippen molar-refractivity contribution in [3.63, 3.8) is 0 Å². The first-order valence-electron chi connectivity index (χ1n) is 11.2. The van der Waals surface area contributed by atoms with E-state index in [4.69, 9.17) is 17.0 Å². The molecule has 172 valence electrons. The van der Waals surface area contributed by atoms with Crippen LogP contribution in [0.25, 0.3) is 5.69 Å². The zero-order chi connectivity index (χ0) is 23.7. The molecule has 2 atom stereocenters. The lowest BCUT2D eigenvalue weighted by Gasteiger charge is -2.29.